The molecule has 0 aliphatic rings. The van der Waals surface area contributed by atoms with Crippen molar-refractivity contribution in [2.24, 2.45) is 0 Å². The van der Waals surface area contributed by atoms with Gasteiger partial charge in [-0.05, 0) is 109 Å². The zero-order valence-corrected chi connectivity index (χ0v) is 34.0. The van der Waals surface area contributed by atoms with Crippen LogP contribution in [0.25, 0.3) is 93.2 Å². The normalized spacial score (nSPS) is 11.5. The fraction of sp³-hybridized carbons (Fsp3) is 0. The minimum absolute atomic E-state index is 1.09. The quantitative estimate of drug-likeness (QED) is 0.156. The highest BCUT2D eigenvalue weighted by Gasteiger charge is 2.21. The third-order valence-corrected chi connectivity index (χ3v) is 12.6. The Morgan fingerprint density at radius 3 is 1.65 bits per heavy atom. The van der Waals surface area contributed by atoms with Gasteiger partial charge in [-0.2, -0.15) is 0 Å². The minimum atomic E-state index is 1.09. The molecule has 0 fully saturated rings. The lowest BCUT2D eigenvalue weighted by molar-refractivity contribution is 1.18. The lowest BCUT2D eigenvalue weighted by Crippen LogP contribution is -2.10. The summed E-state index contributed by atoms with van der Waals surface area (Å²) in [7, 11) is 0. The number of nitrogens with zero attached hydrogens (tertiary/aromatic N) is 2. The van der Waals surface area contributed by atoms with Crippen LogP contribution in [0.1, 0.15) is 0 Å². The van der Waals surface area contributed by atoms with Crippen LogP contribution in [0.3, 0.4) is 0 Å². The Labute approximate surface area is 360 Å². The van der Waals surface area contributed by atoms with Gasteiger partial charge in [0, 0.05) is 33.1 Å². The van der Waals surface area contributed by atoms with E-state index in [0.29, 0.717) is 0 Å². The van der Waals surface area contributed by atoms with Gasteiger partial charge in [-0.1, -0.05) is 188 Å². The average molecular weight is 789 g/mol. The van der Waals surface area contributed by atoms with Crippen molar-refractivity contribution < 1.29 is 0 Å². The van der Waals surface area contributed by atoms with Crippen molar-refractivity contribution in [2.45, 2.75) is 0 Å². The zero-order chi connectivity index (χ0) is 41.0. The summed E-state index contributed by atoms with van der Waals surface area (Å²) >= 11 is 0. The molecule has 0 aliphatic carbocycles. The standard InChI is InChI=1S/C60H40N2/c1-3-18-43(19-4-1)60-49(29-16-32-58(60)62-56-31-14-13-28-54(56)55-39-44-20-7-8-21-45(44)40-59(55)62)42-33-35-47(36-34-42)61(46-23-5-2-6-24-46)57-38-37-52(51-26-11-12-27-53(51)57)50-30-15-22-41-17-9-10-25-48(41)50/h1-40H. The van der Waals surface area contributed by atoms with Gasteiger partial charge in [-0.25, -0.2) is 0 Å². The van der Waals surface area contributed by atoms with E-state index in [4.69, 9.17) is 0 Å². The molecule has 0 saturated carbocycles. The average Bonchev–Trinajstić information content (AvgIpc) is 3.66. The molecule has 12 rings (SSSR count). The lowest BCUT2D eigenvalue weighted by atomic mass is 9.92. The van der Waals surface area contributed by atoms with Crippen LogP contribution in [0, 0.1) is 0 Å². The van der Waals surface area contributed by atoms with E-state index in [1.165, 1.54) is 81.9 Å². The molecule has 0 bridgehead atoms. The number of hydrogen-bond acceptors (Lipinski definition) is 1. The van der Waals surface area contributed by atoms with Gasteiger partial charge in [0.1, 0.15) is 0 Å². The van der Waals surface area contributed by atoms with E-state index in [1.54, 1.807) is 0 Å². The first-order chi connectivity index (χ1) is 30.8. The van der Waals surface area contributed by atoms with Crippen LogP contribution in [-0.4, -0.2) is 4.57 Å². The van der Waals surface area contributed by atoms with Gasteiger partial charge < -0.3 is 9.47 Å². The van der Waals surface area contributed by atoms with Crippen molar-refractivity contribution in [1.29, 1.82) is 0 Å². The Balaban J connectivity index is 1.03. The van der Waals surface area contributed by atoms with Gasteiger partial charge in [-0.15, -0.1) is 0 Å². The number of aromatic nitrogens is 1. The second-order valence-electron chi connectivity index (χ2n) is 16.1. The van der Waals surface area contributed by atoms with Gasteiger partial charge in [0.15, 0.2) is 0 Å². The maximum absolute atomic E-state index is 2.47. The number of para-hydroxylation sites is 2. The molecule has 2 heteroatoms. The summed E-state index contributed by atoms with van der Waals surface area (Å²) in [5, 5.41) is 9.91. The second-order valence-corrected chi connectivity index (χ2v) is 16.1. The van der Waals surface area contributed by atoms with Crippen LogP contribution in [0.5, 0.6) is 0 Å². The molecule has 2 nitrogen and oxygen atoms in total. The molecular weight excluding hydrogens is 749 g/mol. The Kier molecular flexibility index (Phi) is 8.53. The Bertz CT molecular complexity index is 3620. The largest absolute Gasteiger partial charge is 0.310 e. The Morgan fingerprint density at radius 2 is 0.855 bits per heavy atom. The predicted octanol–water partition coefficient (Wildman–Crippen LogP) is 16.7. The summed E-state index contributed by atoms with van der Waals surface area (Å²) in [6.45, 7) is 0. The Hall–Kier alpha value is -8.20. The first-order valence-corrected chi connectivity index (χ1v) is 21.3. The van der Waals surface area contributed by atoms with E-state index >= 15 is 0 Å². The molecule has 1 heterocycles. The topological polar surface area (TPSA) is 8.17 Å². The number of benzene rings is 11. The van der Waals surface area contributed by atoms with Crippen LogP contribution < -0.4 is 4.90 Å². The number of anilines is 3. The molecule has 11 aromatic carbocycles. The molecular formula is C60H40N2. The highest BCUT2D eigenvalue weighted by molar-refractivity contribution is 6.15. The SMILES string of the molecule is c1ccc(-c2c(-c3ccc(N(c4ccccc4)c4ccc(-c5cccc6ccccc56)c5ccccc45)cc3)cccc2-n2c3ccccc3c3cc4ccccc4cc32)cc1. The van der Waals surface area contributed by atoms with Crippen molar-refractivity contribution in [1.82, 2.24) is 4.57 Å². The molecule has 0 atom stereocenters. The van der Waals surface area contributed by atoms with E-state index < -0.39 is 0 Å². The first-order valence-electron chi connectivity index (χ1n) is 21.3. The molecule has 0 radical (unpaired) electrons. The highest BCUT2D eigenvalue weighted by atomic mass is 15.1. The summed E-state index contributed by atoms with van der Waals surface area (Å²) in [4.78, 5) is 2.40. The molecule has 62 heavy (non-hydrogen) atoms. The Morgan fingerprint density at radius 1 is 0.290 bits per heavy atom. The maximum Gasteiger partial charge on any atom is 0.0547 e. The molecule has 290 valence electrons. The number of rotatable bonds is 7. The van der Waals surface area contributed by atoms with Gasteiger partial charge in [0.25, 0.3) is 0 Å². The summed E-state index contributed by atoms with van der Waals surface area (Å²) in [6, 6.07) is 88.5. The third-order valence-electron chi connectivity index (χ3n) is 12.6. The van der Waals surface area contributed by atoms with Crippen molar-refractivity contribution in [2.75, 3.05) is 4.90 Å². The van der Waals surface area contributed by atoms with Crippen LogP contribution in [0.2, 0.25) is 0 Å². The van der Waals surface area contributed by atoms with Crippen LogP contribution in [0.4, 0.5) is 17.1 Å². The fourth-order valence-electron chi connectivity index (χ4n) is 9.76. The number of hydrogen-bond donors (Lipinski definition) is 0. The van der Waals surface area contributed by atoms with Crippen molar-refractivity contribution in [3.8, 4) is 39.1 Å². The summed E-state index contributed by atoms with van der Waals surface area (Å²) in [5.74, 6) is 0. The molecule has 1 aromatic heterocycles. The molecule has 0 aliphatic heterocycles. The smallest absolute Gasteiger partial charge is 0.0547 e. The first kappa shape index (κ1) is 35.7. The molecule has 0 amide bonds. The summed E-state index contributed by atoms with van der Waals surface area (Å²) < 4.78 is 2.47. The third kappa shape index (κ3) is 5.88. The van der Waals surface area contributed by atoms with Gasteiger partial charge >= 0.3 is 0 Å². The van der Waals surface area contributed by atoms with Crippen LogP contribution in [-0.2, 0) is 0 Å². The van der Waals surface area contributed by atoms with E-state index in [0.717, 1.165) is 28.3 Å². The zero-order valence-electron chi connectivity index (χ0n) is 34.0. The summed E-state index contributed by atoms with van der Waals surface area (Å²) in [6.07, 6.45) is 0. The second kappa shape index (κ2) is 14.8. The molecule has 12 aromatic rings. The van der Waals surface area contributed by atoms with Crippen molar-refractivity contribution >= 4 is 71.2 Å². The molecule has 0 saturated heterocycles. The molecule has 0 spiro atoms. The van der Waals surface area contributed by atoms with E-state index in [9.17, 15) is 0 Å². The van der Waals surface area contributed by atoms with Crippen molar-refractivity contribution in [3.63, 3.8) is 0 Å². The maximum atomic E-state index is 2.47. The highest BCUT2D eigenvalue weighted by Crippen LogP contribution is 2.45. The van der Waals surface area contributed by atoms with Gasteiger partial charge in [0.05, 0.1) is 22.4 Å². The predicted molar refractivity (Wildman–Crippen MR) is 264 cm³/mol. The van der Waals surface area contributed by atoms with Gasteiger partial charge in [-0.3, -0.25) is 0 Å². The fourth-order valence-corrected chi connectivity index (χ4v) is 9.76. The lowest BCUT2D eigenvalue weighted by Gasteiger charge is -2.28. The molecule has 0 N–H and O–H groups in total. The number of fused-ring (bicyclic) bond motifs is 6. The van der Waals surface area contributed by atoms with Crippen LogP contribution in [0.15, 0.2) is 243 Å². The van der Waals surface area contributed by atoms with Crippen LogP contribution >= 0.6 is 0 Å². The van der Waals surface area contributed by atoms with E-state index in [1.807, 2.05) is 0 Å². The molecule has 0 unspecified atom stereocenters. The minimum Gasteiger partial charge on any atom is -0.310 e. The monoisotopic (exact) mass is 788 g/mol. The van der Waals surface area contributed by atoms with Crippen molar-refractivity contribution in [3.05, 3.63) is 243 Å². The van der Waals surface area contributed by atoms with E-state index in [2.05, 4.69) is 252 Å². The summed E-state index contributed by atoms with van der Waals surface area (Å²) in [5.41, 5.74) is 14.1. The van der Waals surface area contributed by atoms with E-state index in [-0.39, 0.29) is 0 Å². The van der Waals surface area contributed by atoms with Gasteiger partial charge in [0.2, 0.25) is 0 Å².